The molecule has 1 amide bonds. The van der Waals surface area contributed by atoms with Gasteiger partial charge in [-0.3, -0.25) is 4.79 Å². The van der Waals surface area contributed by atoms with Crippen molar-refractivity contribution in [2.75, 3.05) is 13.1 Å². The van der Waals surface area contributed by atoms with Crippen LogP contribution >= 0.6 is 0 Å². The van der Waals surface area contributed by atoms with Crippen LogP contribution in [0.15, 0.2) is 24.3 Å². The number of piperidine rings is 1. The van der Waals surface area contributed by atoms with Gasteiger partial charge in [0.05, 0.1) is 6.10 Å². The predicted octanol–water partition coefficient (Wildman–Crippen LogP) is 2.58. The van der Waals surface area contributed by atoms with Gasteiger partial charge in [0, 0.05) is 18.7 Å². The quantitative estimate of drug-likeness (QED) is 0.844. The topological polar surface area (TPSA) is 40.5 Å². The summed E-state index contributed by atoms with van der Waals surface area (Å²) >= 11 is 0. The molecule has 1 atom stereocenters. The number of aliphatic hydroxyl groups excluding tert-OH is 1. The average molecular weight is 261 g/mol. The Kier molecular flexibility index (Phi) is 3.95. The molecule has 0 spiro atoms. The van der Waals surface area contributed by atoms with E-state index in [0.717, 1.165) is 19.4 Å². The van der Waals surface area contributed by atoms with Crippen LogP contribution in [0.2, 0.25) is 0 Å². The van der Waals surface area contributed by atoms with E-state index < -0.39 is 0 Å². The van der Waals surface area contributed by atoms with Crippen LogP contribution in [0.5, 0.6) is 0 Å². The molecule has 1 N–H and O–H groups in total. The van der Waals surface area contributed by atoms with Gasteiger partial charge in [0.2, 0.25) is 0 Å². The fourth-order valence-corrected chi connectivity index (χ4v) is 2.43. The summed E-state index contributed by atoms with van der Waals surface area (Å²) in [6.07, 6.45) is 1.31. The fourth-order valence-electron chi connectivity index (χ4n) is 2.43. The third kappa shape index (κ3) is 3.35. The molecule has 1 saturated heterocycles. The van der Waals surface area contributed by atoms with Crippen LogP contribution in [0.3, 0.4) is 0 Å². The van der Waals surface area contributed by atoms with Crippen LogP contribution in [-0.4, -0.2) is 35.1 Å². The largest absolute Gasteiger partial charge is 0.391 e. The number of carbonyl (C=O) groups excluding carboxylic acids is 1. The Morgan fingerprint density at radius 1 is 1.26 bits per heavy atom. The van der Waals surface area contributed by atoms with Gasteiger partial charge in [-0.2, -0.15) is 0 Å². The normalized spacial score (nSPS) is 20.4. The van der Waals surface area contributed by atoms with E-state index in [9.17, 15) is 9.90 Å². The van der Waals surface area contributed by atoms with Crippen LogP contribution in [0.4, 0.5) is 0 Å². The van der Waals surface area contributed by atoms with Gasteiger partial charge in [0.15, 0.2) is 0 Å². The third-order valence-corrected chi connectivity index (χ3v) is 3.68. The van der Waals surface area contributed by atoms with E-state index in [2.05, 4.69) is 20.8 Å². The van der Waals surface area contributed by atoms with Crippen LogP contribution < -0.4 is 0 Å². The van der Waals surface area contributed by atoms with Gasteiger partial charge in [-0.1, -0.05) is 32.9 Å². The second-order valence-electron chi connectivity index (χ2n) is 6.37. The van der Waals surface area contributed by atoms with Crippen molar-refractivity contribution in [1.29, 1.82) is 0 Å². The summed E-state index contributed by atoms with van der Waals surface area (Å²) in [6.45, 7) is 7.68. The Balaban J connectivity index is 2.11. The van der Waals surface area contributed by atoms with Crippen LogP contribution in [0.25, 0.3) is 0 Å². The molecule has 1 aliphatic heterocycles. The van der Waals surface area contributed by atoms with Crippen molar-refractivity contribution < 1.29 is 9.90 Å². The van der Waals surface area contributed by atoms with E-state index in [-0.39, 0.29) is 17.4 Å². The maximum absolute atomic E-state index is 12.3. The lowest BCUT2D eigenvalue weighted by molar-refractivity contribution is 0.0473. The van der Waals surface area contributed by atoms with Crippen LogP contribution in [-0.2, 0) is 5.41 Å². The predicted molar refractivity (Wildman–Crippen MR) is 76.3 cm³/mol. The van der Waals surface area contributed by atoms with E-state index in [0.29, 0.717) is 12.1 Å². The minimum Gasteiger partial charge on any atom is -0.391 e. The molecule has 1 heterocycles. The van der Waals surface area contributed by atoms with Crippen molar-refractivity contribution in [2.24, 2.45) is 0 Å². The molecule has 0 aliphatic carbocycles. The Morgan fingerprint density at radius 3 is 2.42 bits per heavy atom. The highest BCUT2D eigenvalue weighted by atomic mass is 16.3. The molecule has 0 aromatic heterocycles. The first-order chi connectivity index (χ1) is 8.88. The van der Waals surface area contributed by atoms with E-state index in [1.807, 2.05) is 24.3 Å². The van der Waals surface area contributed by atoms with Gasteiger partial charge in [0.25, 0.3) is 5.91 Å². The lowest BCUT2D eigenvalue weighted by Crippen LogP contribution is -2.42. The summed E-state index contributed by atoms with van der Waals surface area (Å²) in [5.41, 5.74) is 2.04. The second kappa shape index (κ2) is 5.33. The molecule has 1 aliphatic rings. The molecule has 0 radical (unpaired) electrons. The molecule has 19 heavy (non-hydrogen) atoms. The van der Waals surface area contributed by atoms with E-state index in [1.165, 1.54) is 5.56 Å². The number of nitrogens with zero attached hydrogens (tertiary/aromatic N) is 1. The SMILES string of the molecule is CC(C)(C)c1ccc(C(=O)N2CCCC(O)C2)cc1. The second-order valence-corrected chi connectivity index (χ2v) is 6.37. The Labute approximate surface area is 115 Å². The molecule has 3 heteroatoms. The lowest BCUT2D eigenvalue weighted by Gasteiger charge is -2.30. The Hall–Kier alpha value is -1.35. The Morgan fingerprint density at radius 2 is 1.89 bits per heavy atom. The number of rotatable bonds is 1. The highest BCUT2D eigenvalue weighted by molar-refractivity contribution is 5.94. The molecule has 2 rings (SSSR count). The number of amides is 1. The number of aliphatic hydroxyl groups is 1. The van der Waals surface area contributed by atoms with E-state index >= 15 is 0 Å². The van der Waals surface area contributed by atoms with Gasteiger partial charge in [-0.05, 0) is 36.0 Å². The van der Waals surface area contributed by atoms with Crippen molar-refractivity contribution >= 4 is 5.91 Å². The molecule has 1 unspecified atom stereocenters. The summed E-state index contributed by atoms with van der Waals surface area (Å²) in [6, 6.07) is 7.83. The molecular formula is C16H23NO2. The standard InChI is InChI=1S/C16H23NO2/c1-16(2,3)13-8-6-12(7-9-13)15(19)17-10-4-5-14(18)11-17/h6-9,14,18H,4-5,10-11H2,1-3H3. The summed E-state index contributed by atoms with van der Waals surface area (Å²) in [5, 5.41) is 9.63. The molecule has 1 fully saturated rings. The number of hydrogen-bond acceptors (Lipinski definition) is 2. The highest BCUT2D eigenvalue weighted by Gasteiger charge is 2.23. The monoisotopic (exact) mass is 261 g/mol. The molecule has 104 valence electrons. The summed E-state index contributed by atoms with van der Waals surface area (Å²) in [4.78, 5) is 14.1. The van der Waals surface area contributed by atoms with Gasteiger partial charge in [0.1, 0.15) is 0 Å². The lowest BCUT2D eigenvalue weighted by atomic mass is 9.86. The number of hydrogen-bond donors (Lipinski definition) is 1. The number of likely N-dealkylation sites (tertiary alicyclic amines) is 1. The number of benzene rings is 1. The minimum absolute atomic E-state index is 0.0270. The molecule has 1 aromatic rings. The summed E-state index contributed by atoms with van der Waals surface area (Å²) in [5.74, 6) is 0.0270. The molecule has 0 bridgehead atoms. The molecular weight excluding hydrogens is 238 g/mol. The van der Waals surface area contributed by atoms with Gasteiger partial charge < -0.3 is 10.0 Å². The fraction of sp³-hybridized carbons (Fsp3) is 0.562. The third-order valence-electron chi connectivity index (χ3n) is 3.68. The molecule has 1 aromatic carbocycles. The zero-order valence-electron chi connectivity index (χ0n) is 12.0. The first-order valence-electron chi connectivity index (χ1n) is 6.96. The van der Waals surface area contributed by atoms with Gasteiger partial charge in [-0.15, -0.1) is 0 Å². The number of β-amino-alcohol motifs (C(OH)–C–C–N with tert-alkyl or cyclic N) is 1. The maximum atomic E-state index is 12.3. The van der Waals surface area contributed by atoms with Crippen LogP contribution in [0.1, 0.15) is 49.5 Å². The zero-order chi connectivity index (χ0) is 14.0. The molecule has 0 saturated carbocycles. The van der Waals surface area contributed by atoms with E-state index in [4.69, 9.17) is 0 Å². The van der Waals surface area contributed by atoms with Crippen molar-refractivity contribution in [2.45, 2.75) is 45.1 Å². The summed E-state index contributed by atoms with van der Waals surface area (Å²) in [7, 11) is 0. The van der Waals surface area contributed by atoms with Crippen LogP contribution in [0, 0.1) is 0 Å². The number of carbonyl (C=O) groups is 1. The first-order valence-corrected chi connectivity index (χ1v) is 6.96. The minimum atomic E-state index is -0.369. The van der Waals surface area contributed by atoms with E-state index in [1.54, 1.807) is 4.90 Å². The van der Waals surface area contributed by atoms with Crippen molar-refractivity contribution in [3.63, 3.8) is 0 Å². The zero-order valence-corrected chi connectivity index (χ0v) is 12.0. The highest BCUT2D eigenvalue weighted by Crippen LogP contribution is 2.23. The molecule has 3 nitrogen and oxygen atoms in total. The first kappa shape index (κ1) is 14.1. The van der Waals surface area contributed by atoms with Gasteiger partial charge in [-0.25, -0.2) is 0 Å². The summed E-state index contributed by atoms with van der Waals surface area (Å²) < 4.78 is 0. The van der Waals surface area contributed by atoms with Crippen molar-refractivity contribution in [1.82, 2.24) is 4.90 Å². The Bertz CT molecular complexity index is 445. The smallest absolute Gasteiger partial charge is 0.253 e. The van der Waals surface area contributed by atoms with Gasteiger partial charge >= 0.3 is 0 Å². The van der Waals surface area contributed by atoms with Crippen molar-refractivity contribution in [3.05, 3.63) is 35.4 Å². The van der Waals surface area contributed by atoms with Crippen molar-refractivity contribution in [3.8, 4) is 0 Å². The maximum Gasteiger partial charge on any atom is 0.253 e. The average Bonchev–Trinajstić information content (AvgIpc) is 2.37.